The van der Waals surface area contributed by atoms with E-state index in [1.54, 1.807) is 0 Å². The van der Waals surface area contributed by atoms with Crippen molar-refractivity contribution < 1.29 is 5.11 Å². The lowest BCUT2D eigenvalue weighted by molar-refractivity contribution is 0.249. The van der Waals surface area contributed by atoms with Crippen molar-refractivity contribution in [3.63, 3.8) is 0 Å². The molecule has 30 heavy (non-hydrogen) atoms. The molecule has 0 unspecified atom stereocenters. The Kier molecular flexibility index (Phi) is 6.25. The van der Waals surface area contributed by atoms with Crippen LogP contribution < -0.4 is 4.90 Å². The highest BCUT2D eigenvalue weighted by atomic mass is 16.3. The van der Waals surface area contributed by atoms with Gasteiger partial charge in [-0.3, -0.25) is 4.90 Å². The molecule has 1 heterocycles. The summed E-state index contributed by atoms with van der Waals surface area (Å²) in [5.74, 6) is 0.471. The third kappa shape index (κ3) is 5.00. The van der Waals surface area contributed by atoms with Gasteiger partial charge in [0, 0.05) is 38.4 Å². The van der Waals surface area contributed by atoms with E-state index in [0.717, 1.165) is 43.9 Å². The molecule has 3 heteroatoms. The van der Waals surface area contributed by atoms with E-state index in [-0.39, 0.29) is 10.8 Å². The predicted octanol–water partition coefficient (Wildman–Crippen LogP) is 5.93. The van der Waals surface area contributed by atoms with Crippen LogP contribution >= 0.6 is 0 Å². The summed E-state index contributed by atoms with van der Waals surface area (Å²) in [4.78, 5) is 5.07. The van der Waals surface area contributed by atoms with Crippen molar-refractivity contribution in [2.75, 3.05) is 31.1 Å². The molecule has 1 fully saturated rings. The molecule has 0 amide bonds. The third-order valence-electron chi connectivity index (χ3n) is 6.27. The zero-order valence-electron chi connectivity index (χ0n) is 20.3. The van der Waals surface area contributed by atoms with Gasteiger partial charge in [0.2, 0.25) is 0 Å². The minimum atomic E-state index is -0.0819. The highest BCUT2D eigenvalue weighted by Gasteiger charge is 2.27. The van der Waals surface area contributed by atoms with E-state index in [0.29, 0.717) is 5.75 Å². The Morgan fingerprint density at radius 3 is 1.83 bits per heavy atom. The molecule has 0 aliphatic carbocycles. The minimum absolute atomic E-state index is 0.0819. The van der Waals surface area contributed by atoms with Crippen LogP contribution in [0, 0.1) is 13.8 Å². The number of anilines is 1. The van der Waals surface area contributed by atoms with Crippen LogP contribution in [0.1, 0.15) is 69.4 Å². The molecule has 2 aromatic rings. The van der Waals surface area contributed by atoms with Crippen LogP contribution in [0.25, 0.3) is 0 Å². The molecule has 3 nitrogen and oxygen atoms in total. The van der Waals surface area contributed by atoms with Gasteiger partial charge < -0.3 is 10.0 Å². The smallest absolute Gasteiger partial charge is 0.123 e. The first-order chi connectivity index (χ1) is 13.9. The first kappa shape index (κ1) is 22.7. The number of aromatic hydroxyl groups is 1. The second-order valence-corrected chi connectivity index (χ2v) is 11.1. The fourth-order valence-electron chi connectivity index (χ4n) is 4.39. The van der Waals surface area contributed by atoms with E-state index in [2.05, 4.69) is 95.5 Å². The number of hydrogen-bond acceptors (Lipinski definition) is 3. The molecule has 0 radical (unpaired) electrons. The number of rotatable bonds is 3. The van der Waals surface area contributed by atoms with E-state index >= 15 is 0 Å². The first-order valence-electron chi connectivity index (χ1n) is 11.3. The van der Waals surface area contributed by atoms with E-state index in [1.807, 2.05) is 0 Å². The van der Waals surface area contributed by atoms with Crippen LogP contribution in [0.5, 0.6) is 5.75 Å². The molecule has 1 N–H and O–H groups in total. The van der Waals surface area contributed by atoms with Gasteiger partial charge in [0.15, 0.2) is 0 Å². The van der Waals surface area contributed by atoms with Gasteiger partial charge >= 0.3 is 0 Å². The quantitative estimate of drug-likeness (QED) is 0.682. The van der Waals surface area contributed by atoms with Crippen LogP contribution in [0.4, 0.5) is 5.69 Å². The van der Waals surface area contributed by atoms with Crippen molar-refractivity contribution in [2.24, 2.45) is 0 Å². The lowest BCUT2D eigenvalue weighted by atomic mass is 9.78. The van der Waals surface area contributed by atoms with Crippen LogP contribution in [0.2, 0.25) is 0 Å². The normalized spacial score (nSPS) is 16.2. The number of hydrogen-bond donors (Lipinski definition) is 1. The largest absolute Gasteiger partial charge is 0.507 e. The van der Waals surface area contributed by atoms with Gasteiger partial charge in [0.1, 0.15) is 5.75 Å². The Hall–Kier alpha value is -2.00. The molecule has 164 valence electrons. The van der Waals surface area contributed by atoms with Crippen molar-refractivity contribution in [1.29, 1.82) is 0 Å². The number of aryl methyl sites for hydroxylation is 2. The standard InChI is InChI=1S/C27H40N2O/c1-19-9-10-20(2)24(15-19)29-13-11-28(12-14-29)18-21-16-22(26(3,4)5)25(30)23(17-21)27(6,7)8/h9-10,15-17,30H,11-14,18H2,1-8H3. The van der Waals surface area contributed by atoms with E-state index in [1.165, 1.54) is 22.4 Å². The Balaban J connectivity index is 1.78. The van der Waals surface area contributed by atoms with Crippen molar-refractivity contribution in [3.05, 3.63) is 58.1 Å². The van der Waals surface area contributed by atoms with Crippen molar-refractivity contribution in [2.45, 2.75) is 72.8 Å². The van der Waals surface area contributed by atoms with Crippen molar-refractivity contribution in [3.8, 4) is 5.75 Å². The summed E-state index contributed by atoms with van der Waals surface area (Å²) in [6.07, 6.45) is 0. The molecule has 3 rings (SSSR count). The fourth-order valence-corrected chi connectivity index (χ4v) is 4.39. The summed E-state index contributed by atoms with van der Waals surface area (Å²) in [5.41, 5.74) is 7.32. The third-order valence-corrected chi connectivity index (χ3v) is 6.27. The molecule has 0 bridgehead atoms. The zero-order chi connectivity index (χ0) is 22.3. The summed E-state index contributed by atoms with van der Waals surface area (Å²) in [7, 11) is 0. The second kappa shape index (κ2) is 8.26. The number of phenols is 1. The van der Waals surface area contributed by atoms with Crippen LogP contribution in [-0.4, -0.2) is 36.2 Å². The number of piperazine rings is 1. The number of nitrogens with zero attached hydrogens (tertiary/aromatic N) is 2. The fraction of sp³-hybridized carbons (Fsp3) is 0.556. The average molecular weight is 409 g/mol. The highest BCUT2D eigenvalue weighted by Crippen LogP contribution is 2.40. The summed E-state index contributed by atoms with van der Waals surface area (Å²) in [6.45, 7) is 22.6. The maximum absolute atomic E-state index is 11.0. The van der Waals surface area contributed by atoms with Crippen LogP contribution in [-0.2, 0) is 17.4 Å². The Labute approximate surface area is 183 Å². The first-order valence-corrected chi connectivity index (χ1v) is 11.3. The lowest BCUT2D eigenvalue weighted by Crippen LogP contribution is -2.46. The summed E-state index contributed by atoms with van der Waals surface area (Å²) in [5, 5.41) is 11.0. The van der Waals surface area contributed by atoms with Crippen molar-refractivity contribution >= 4 is 5.69 Å². The monoisotopic (exact) mass is 408 g/mol. The predicted molar refractivity (Wildman–Crippen MR) is 129 cm³/mol. The van der Waals surface area contributed by atoms with E-state index < -0.39 is 0 Å². The molecule has 0 spiro atoms. The van der Waals surface area contributed by atoms with Crippen LogP contribution in [0.3, 0.4) is 0 Å². The van der Waals surface area contributed by atoms with E-state index in [4.69, 9.17) is 0 Å². The Morgan fingerprint density at radius 2 is 1.33 bits per heavy atom. The van der Waals surface area contributed by atoms with Gasteiger partial charge in [-0.2, -0.15) is 0 Å². The summed E-state index contributed by atoms with van der Waals surface area (Å²) >= 11 is 0. The Morgan fingerprint density at radius 1 is 0.800 bits per heavy atom. The molecular formula is C27H40N2O. The maximum Gasteiger partial charge on any atom is 0.123 e. The number of benzene rings is 2. The SMILES string of the molecule is Cc1ccc(C)c(N2CCN(Cc3cc(C(C)(C)C)c(O)c(C(C)(C)C)c3)CC2)c1. The van der Waals surface area contributed by atoms with Gasteiger partial charge in [-0.15, -0.1) is 0 Å². The second-order valence-electron chi connectivity index (χ2n) is 11.1. The maximum atomic E-state index is 11.0. The summed E-state index contributed by atoms with van der Waals surface area (Å²) < 4.78 is 0. The van der Waals surface area contributed by atoms with Crippen LogP contribution in [0.15, 0.2) is 30.3 Å². The Bertz CT molecular complexity index is 859. The molecule has 0 saturated carbocycles. The lowest BCUT2D eigenvalue weighted by Gasteiger charge is -2.37. The molecule has 2 aromatic carbocycles. The van der Waals surface area contributed by atoms with Gasteiger partial charge in [-0.1, -0.05) is 65.8 Å². The molecule has 0 aromatic heterocycles. The number of phenolic OH excluding ortho intramolecular Hbond substituents is 1. The molecule has 0 atom stereocenters. The molecule has 1 aliphatic heterocycles. The molecule has 1 aliphatic rings. The van der Waals surface area contributed by atoms with Gasteiger partial charge in [-0.05, 0) is 58.6 Å². The van der Waals surface area contributed by atoms with E-state index in [9.17, 15) is 5.11 Å². The topological polar surface area (TPSA) is 26.7 Å². The highest BCUT2D eigenvalue weighted by molar-refractivity contribution is 5.55. The zero-order valence-corrected chi connectivity index (χ0v) is 20.3. The minimum Gasteiger partial charge on any atom is -0.507 e. The molecular weight excluding hydrogens is 368 g/mol. The van der Waals surface area contributed by atoms with Gasteiger partial charge in [0.05, 0.1) is 0 Å². The van der Waals surface area contributed by atoms with Gasteiger partial charge in [-0.25, -0.2) is 0 Å². The van der Waals surface area contributed by atoms with Crippen molar-refractivity contribution in [1.82, 2.24) is 4.90 Å². The average Bonchev–Trinajstić information content (AvgIpc) is 2.64. The summed E-state index contributed by atoms with van der Waals surface area (Å²) in [6, 6.07) is 11.2. The molecule has 1 saturated heterocycles. The van der Waals surface area contributed by atoms with Gasteiger partial charge in [0.25, 0.3) is 0 Å².